The minimum absolute atomic E-state index is 0.219. The van der Waals surface area contributed by atoms with Crippen LogP contribution < -0.4 is 4.74 Å². The molecular formula is C21H20FN3O3. The van der Waals surface area contributed by atoms with Crippen LogP contribution in [0.4, 0.5) is 4.39 Å². The Hall–Kier alpha value is -2.95. The Morgan fingerprint density at radius 3 is 2.64 bits per heavy atom. The molecule has 4 rings (SSSR count). The quantitative estimate of drug-likeness (QED) is 0.675. The third-order valence-electron chi connectivity index (χ3n) is 5.01. The van der Waals surface area contributed by atoms with E-state index in [4.69, 9.17) is 14.2 Å². The number of rotatable bonds is 5. The van der Waals surface area contributed by atoms with Crippen LogP contribution in [0.15, 0.2) is 30.3 Å². The van der Waals surface area contributed by atoms with Gasteiger partial charge in [-0.05, 0) is 43.2 Å². The first kappa shape index (κ1) is 18.4. The molecule has 1 saturated heterocycles. The maximum atomic E-state index is 13.1. The van der Waals surface area contributed by atoms with E-state index < -0.39 is 0 Å². The SMILES string of the molecule is Cc1c(C)n(CC2OCCO2)c2c(OCc3ccc(F)cc3)nc(C#N)cc12. The van der Waals surface area contributed by atoms with Crippen molar-refractivity contribution in [1.82, 2.24) is 9.55 Å². The summed E-state index contributed by atoms with van der Waals surface area (Å²) in [5, 5.41) is 10.3. The standard InChI is InChI=1S/C21H20FN3O3/c1-13-14(2)25(11-19-26-7-8-27-19)20-18(13)9-17(10-23)24-21(20)28-12-15-3-5-16(22)6-4-15/h3-6,9,19H,7-8,11-12H2,1-2H3. The van der Waals surface area contributed by atoms with Gasteiger partial charge in [0.2, 0.25) is 5.88 Å². The second-order valence-corrected chi connectivity index (χ2v) is 6.73. The molecule has 1 aliphatic rings. The van der Waals surface area contributed by atoms with Crippen LogP contribution in [-0.4, -0.2) is 29.1 Å². The average Bonchev–Trinajstić information content (AvgIpc) is 3.30. The van der Waals surface area contributed by atoms with Crippen LogP contribution in [-0.2, 0) is 22.6 Å². The number of pyridine rings is 1. The van der Waals surface area contributed by atoms with E-state index in [2.05, 4.69) is 15.6 Å². The molecule has 0 aliphatic carbocycles. The van der Waals surface area contributed by atoms with Gasteiger partial charge in [0, 0.05) is 11.1 Å². The lowest BCUT2D eigenvalue weighted by atomic mass is 10.1. The van der Waals surface area contributed by atoms with E-state index in [1.54, 1.807) is 18.2 Å². The first-order chi connectivity index (χ1) is 13.6. The van der Waals surface area contributed by atoms with E-state index in [1.807, 2.05) is 13.8 Å². The van der Waals surface area contributed by atoms with Crippen molar-refractivity contribution in [1.29, 1.82) is 5.26 Å². The summed E-state index contributed by atoms with van der Waals surface area (Å²) in [4.78, 5) is 4.38. The molecule has 7 heteroatoms. The van der Waals surface area contributed by atoms with Gasteiger partial charge in [0.25, 0.3) is 0 Å². The summed E-state index contributed by atoms with van der Waals surface area (Å²) in [6.07, 6.45) is -0.325. The Bertz CT molecular complexity index is 1050. The Morgan fingerprint density at radius 1 is 1.25 bits per heavy atom. The molecule has 1 aliphatic heterocycles. The molecule has 0 bridgehead atoms. The van der Waals surface area contributed by atoms with Crippen molar-refractivity contribution < 1.29 is 18.6 Å². The number of nitrogens with zero attached hydrogens (tertiary/aromatic N) is 3. The van der Waals surface area contributed by atoms with Crippen molar-refractivity contribution in [3.63, 3.8) is 0 Å². The normalized spacial score (nSPS) is 14.5. The maximum Gasteiger partial charge on any atom is 0.240 e. The number of fused-ring (bicyclic) bond motifs is 1. The highest BCUT2D eigenvalue weighted by Crippen LogP contribution is 2.33. The third-order valence-corrected chi connectivity index (χ3v) is 5.01. The highest BCUT2D eigenvalue weighted by atomic mass is 19.1. The molecule has 1 fully saturated rings. The smallest absolute Gasteiger partial charge is 0.240 e. The summed E-state index contributed by atoms with van der Waals surface area (Å²) in [5.41, 5.74) is 3.99. The molecule has 1 aromatic carbocycles. The van der Waals surface area contributed by atoms with Gasteiger partial charge in [-0.25, -0.2) is 9.37 Å². The van der Waals surface area contributed by atoms with Crippen molar-refractivity contribution in [2.24, 2.45) is 0 Å². The average molecular weight is 381 g/mol. The van der Waals surface area contributed by atoms with Crippen LogP contribution in [0.25, 0.3) is 10.9 Å². The van der Waals surface area contributed by atoms with Crippen LogP contribution in [0.2, 0.25) is 0 Å². The molecule has 0 N–H and O–H groups in total. The molecule has 0 amide bonds. The minimum atomic E-state index is -0.325. The predicted octanol–water partition coefficient (Wildman–Crippen LogP) is 3.62. The zero-order chi connectivity index (χ0) is 19.7. The molecule has 0 saturated carbocycles. The Balaban J connectivity index is 1.75. The van der Waals surface area contributed by atoms with Gasteiger partial charge in [0.15, 0.2) is 6.29 Å². The summed E-state index contributed by atoms with van der Waals surface area (Å²) in [6, 6.07) is 9.97. The van der Waals surface area contributed by atoms with Gasteiger partial charge in [-0.3, -0.25) is 0 Å². The van der Waals surface area contributed by atoms with Crippen LogP contribution in [0, 0.1) is 31.0 Å². The zero-order valence-corrected chi connectivity index (χ0v) is 15.7. The number of ether oxygens (including phenoxy) is 3. The summed E-state index contributed by atoms with van der Waals surface area (Å²) in [6.45, 7) is 5.91. The molecule has 6 nitrogen and oxygen atoms in total. The fourth-order valence-corrected chi connectivity index (χ4v) is 3.41. The molecule has 144 valence electrons. The number of aryl methyl sites for hydroxylation is 1. The molecule has 2 aromatic heterocycles. The second kappa shape index (κ2) is 7.58. The van der Waals surface area contributed by atoms with E-state index in [-0.39, 0.29) is 24.4 Å². The molecule has 0 radical (unpaired) electrons. The Kier molecular flexibility index (Phi) is 4.99. The lowest BCUT2D eigenvalue weighted by molar-refractivity contribution is -0.0520. The van der Waals surface area contributed by atoms with Crippen molar-refractivity contribution in [3.8, 4) is 11.9 Å². The number of hydrogen-bond acceptors (Lipinski definition) is 5. The zero-order valence-electron chi connectivity index (χ0n) is 15.7. The fourth-order valence-electron chi connectivity index (χ4n) is 3.41. The van der Waals surface area contributed by atoms with Crippen molar-refractivity contribution in [3.05, 3.63) is 58.7 Å². The maximum absolute atomic E-state index is 13.1. The molecule has 0 unspecified atom stereocenters. The number of nitriles is 1. The van der Waals surface area contributed by atoms with Crippen molar-refractivity contribution >= 4 is 10.9 Å². The first-order valence-corrected chi connectivity index (χ1v) is 9.08. The van der Waals surface area contributed by atoms with Gasteiger partial charge in [0.05, 0.1) is 19.8 Å². The Labute approximate surface area is 162 Å². The number of hydrogen-bond donors (Lipinski definition) is 0. The van der Waals surface area contributed by atoms with Crippen LogP contribution in [0.1, 0.15) is 22.5 Å². The van der Waals surface area contributed by atoms with Crippen molar-refractivity contribution in [2.75, 3.05) is 13.2 Å². The molecular weight excluding hydrogens is 361 g/mol. The van der Waals surface area contributed by atoms with Gasteiger partial charge in [0.1, 0.15) is 29.7 Å². The van der Waals surface area contributed by atoms with Gasteiger partial charge >= 0.3 is 0 Å². The monoisotopic (exact) mass is 381 g/mol. The molecule has 3 heterocycles. The number of benzene rings is 1. The Morgan fingerprint density at radius 2 is 1.96 bits per heavy atom. The summed E-state index contributed by atoms with van der Waals surface area (Å²) >= 11 is 0. The van der Waals surface area contributed by atoms with Crippen LogP contribution in [0.5, 0.6) is 5.88 Å². The molecule has 28 heavy (non-hydrogen) atoms. The molecule has 0 atom stereocenters. The van der Waals surface area contributed by atoms with E-state index in [0.29, 0.717) is 25.6 Å². The largest absolute Gasteiger partial charge is 0.471 e. The van der Waals surface area contributed by atoms with Gasteiger partial charge < -0.3 is 18.8 Å². The lowest BCUT2D eigenvalue weighted by Gasteiger charge is -2.15. The highest BCUT2D eigenvalue weighted by Gasteiger charge is 2.23. The van der Waals surface area contributed by atoms with Gasteiger partial charge in [-0.1, -0.05) is 12.1 Å². The summed E-state index contributed by atoms with van der Waals surface area (Å²) in [5.74, 6) is 0.0694. The van der Waals surface area contributed by atoms with Gasteiger partial charge in [-0.15, -0.1) is 0 Å². The minimum Gasteiger partial charge on any atom is -0.471 e. The van der Waals surface area contributed by atoms with Gasteiger partial charge in [-0.2, -0.15) is 5.26 Å². The third kappa shape index (κ3) is 3.44. The second-order valence-electron chi connectivity index (χ2n) is 6.73. The van der Waals surface area contributed by atoms with E-state index in [0.717, 1.165) is 27.7 Å². The van der Waals surface area contributed by atoms with E-state index in [9.17, 15) is 9.65 Å². The predicted molar refractivity (Wildman–Crippen MR) is 100 cm³/mol. The first-order valence-electron chi connectivity index (χ1n) is 9.08. The fraction of sp³-hybridized carbons (Fsp3) is 0.333. The highest BCUT2D eigenvalue weighted by molar-refractivity contribution is 5.89. The van der Waals surface area contributed by atoms with Crippen molar-refractivity contribution in [2.45, 2.75) is 33.3 Å². The van der Waals surface area contributed by atoms with E-state index >= 15 is 0 Å². The van der Waals surface area contributed by atoms with Crippen LogP contribution >= 0.6 is 0 Å². The summed E-state index contributed by atoms with van der Waals surface area (Å²) < 4.78 is 32.4. The van der Waals surface area contributed by atoms with E-state index in [1.165, 1.54) is 12.1 Å². The molecule has 3 aromatic rings. The molecule has 0 spiro atoms. The summed E-state index contributed by atoms with van der Waals surface area (Å²) in [7, 11) is 0. The van der Waals surface area contributed by atoms with Crippen LogP contribution in [0.3, 0.4) is 0 Å². The lowest BCUT2D eigenvalue weighted by Crippen LogP contribution is -2.18. The number of aromatic nitrogens is 2. The number of halogens is 1. The topological polar surface area (TPSA) is 69.3 Å².